The third-order valence-corrected chi connectivity index (χ3v) is 6.72. The van der Waals surface area contributed by atoms with E-state index in [-0.39, 0.29) is 28.4 Å². The number of fused-ring (bicyclic) bond motifs is 2. The molecule has 0 aliphatic carbocycles. The predicted octanol–water partition coefficient (Wildman–Crippen LogP) is -0.196. The summed E-state index contributed by atoms with van der Waals surface area (Å²) < 4.78 is 1.31. The zero-order chi connectivity index (χ0) is 20.2. The molecule has 0 saturated carbocycles. The zero-order valence-corrected chi connectivity index (χ0v) is 16.0. The number of aryl methyl sites for hydroxylation is 1. The molecule has 11 nitrogen and oxygen atoms in total. The molecule has 1 amide bonds. The third-order valence-electron chi connectivity index (χ3n) is 4.28. The van der Waals surface area contributed by atoms with E-state index in [1.165, 1.54) is 32.9 Å². The second-order valence-corrected chi connectivity index (χ2v) is 8.27. The summed E-state index contributed by atoms with van der Waals surface area (Å²) in [5, 5.41) is 22.8. The summed E-state index contributed by atoms with van der Waals surface area (Å²) in [6, 6.07) is 1.03. The van der Waals surface area contributed by atoms with Gasteiger partial charge in [0.05, 0.1) is 0 Å². The molecule has 2 aliphatic rings. The summed E-state index contributed by atoms with van der Waals surface area (Å²) in [6.07, 6.45) is 0. The molecule has 4 rings (SSSR count). The Hall–Kier alpha value is -2.64. The van der Waals surface area contributed by atoms with E-state index < -0.39 is 23.9 Å². The first-order valence-electron chi connectivity index (χ1n) is 8.04. The van der Waals surface area contributed by atoms with Crippen LogP contribution in [-0.2, 0) is 9.59 Å². The van der Waals surface area contributed by atoms with Crippen LogP contribution < -0.4 is 5.73 Å². The molecule has 2 aromatic heterocycles. The van der Waals surface area contributed by atoms with E-state index in [1.54, 1.807) is 13.0 Å². The van der Waals surface area contributed by atoms with Crippen LogP contribution in [0.5, 0.6) is 0 Å². The highest BCUT2D eigenvalue weighted by Crippen LogP contribution is 2.40. The maximum atomic E-state index is 12.0. The molecular weight excluding hydrogens is 408 g/mol. The number of thioether (sulfide) groups is 2. The van der Waals surface area contributed by atoms with Crippen molar-refractivity contribution in [2.75, 3.05) is 11.5 Å². The van der Waals surface area contributed by atoms with Crippen molar-refractivity contribution in [3.05, 3.63) is 28.9 Å². The van der Waals surface area contributed by atoms with Gasteiger partial charge in [0.2, 0.25) is 5.91 Å². The highest BCUT2D eigenvalue weighted by atomic mass is 32.2. The number of aromatic carboxylic acids is 1. The van der Waals surface area contributed by atoms with Gasteiger partial charge in [0, 0.05) is 17.2 Å². The van der Waals surface area contributed by atoms with Gasteiger partial charge >= 0.3 is 11.9 Å². The molecule has 1 fully saturated rings. The Morgan fingerprint density at radius 1 is 1.36 bits per heavy atom. The van der Waals surface area contributed by atoms with Gasteiger partial charge in [-0.15, -0.1) is 28.6 Å². The Kier molecular flexibility index (Phi) is 4.51. The minimum absolute atomic E-state index is 0.0326. The number of carbonyl (C=O) groups excluding carboxylic acids is 1. The number of nitrogens with zero attached hydrogens (tertiary/aromatic N) is 5. The van der Waals surface area contributed by atoms with Crippen LogP contribution in [0.2, 0.25) is 0 Å². The Bertz CT molecular complexity index is 1070. The second kappa shape index (κ2) is 6.76. The molecule has 0 aromatic carbocycles. The molecule has 4 heterocycles. The van der Waals surface area contributed by atoms with Gasteiger partial charge in [-0.25, -0.2) is 14.6 Å². The topological polar surface area (TPSA) is 164 Å². The molecular formula is C15H14N6O5S2. The van der Waals surface area contributed by atoms with Gasteiger partial charge in [-0.1, -0.05) is 0 Å². The van der Waals surface area contributed by atoms with Crippen molar-refractivity contribution in [1.82, 2.24) is 24.5 Å². The van der Waals surface area contributed by atoms with Gasteiger partial charge in [0.15, 0.2) is 0 Å². The number of carbonyl (C=O) groups is 3. The number of carboxylic acid groups (broad SMARTS) is 2. The largest absolute Gasteiger partial charge is 0.477 e. The van der Waals surface area contributed by atoms with E-state index in [1.807, 2.05) is 0 Å². The van der Waals surface area contributed by atoms with Crippen LogP contribution in [0.25, 0.3) is 5.78 Å². The molecule has 0 bridgehead atoms. The van der Waals surface area contributed by atoms with Gasteiger partial charge in [-0.3, -0.25) is 9.69 Å². The van der Waals surface area contributed by atoms with Crippen molar-refractivity contribution >= 4 is 47.1 Å². The number of nitrogens with two attached hydrogens (primary N) is 1. The number of amides is 1. The van der Waals surface area contributed by atoms with Crippen LogP contribution in [0.15, 0.2) is 22.4 Å². The van der Waals surface area contributed by atoms with Crippen LogP contribution in [0.4, 0.5) is 0 Å². The van der Waals surface area contributed by atoms with Crippen molar-refractivity contribution in [1.29, 1.82) is 0 Å². The molecule has 0 spiro atoms. The van der Waals surface area contributed by atoms with Crippen LogP contribution in [0, 0.1) is 6.92 Å². The normalized spacial score (nSPS) is 21.6. The Balaban J connectivity index is 1.66. The maximum Gasteiger partial charge on any atom is 0.375 e. The molecule has 0 radical (unpaired) electrons. The van der Waals surface area contributed by atoms with Gasteiger partial charge in [-0.2, -0.15) is 9.50 Å². The number of β-lactam (4-membered cyclic amide) rings is 1. The van der Waals surface area contributed by atoms with Crippen LogP contribution >= 0.6 is 23.5 Å². The number of hydrogen-bond donors (Lipinski definition) is 3. The first-order valence-corrected chi connectivity index (χ1v) is 10.1. The van der Waals surface area contributed by atoms with Gasteiger partial charge in [0.25, 0.3) is 11.6 Å². The Labute approximate surface area is 166 Å². The van der Waals surface area contributed by atoms with Gasteiger partial charge < -0.3 is 15.9 Å². The minimum Gasteiger partial charge on any atom is -0.477 e. The van der Waals surface area contributed by atoms with E-state index in [0.717, 1.165) is 0 Å². The highest BCUT2D eigenvalue weighted by molar-refractivity contribution is 8.01. The maximum absolute atomic E-state index is 12.0. The molecule has 2 unspecified atom stereocenters. The van der Waals surface area contributed by atoms with E-state index in [0.29, 0.717) is 22.0 Å². The van der Waals surface area contributed by atoms with Gasteiger partial charge in [0.1, 0.15) is 22.1 Å². The van der Waals surface area contributed by atoms with E-state index in [2.05, 4.69) is 15.1 Å². The summed E-state index contributed by atoms with van der Waals surface area (Å²) in [4.78, 5) is 44.2. The lowest BCUT2D eigenvalue weighted by atomic mass is 10.0. The molecule has 2 atom stereocenters. The summed E-state index contributed by atoms with van der Waals surface area (Å²) in [7, 11) is 0. The monoisotopic (exact) mass is 422 g/mol. The van der Waals surface area contributed by atoms with Crippen LogP contribution in [0.3, 0.4) is 0 Å². The predicted molar refractivity (Wildman–Crippen MR) is 98.9 cm³/mol. The van der Waals surface area contributed by atoms with E-state index >= 15 is 0 Å². The molecule has 4 N–H and O–H groups in total. The first-order chi connectivity index (χ1) is 13.3. The summed E-state index contributed by atoms with van der Waals surface area (Å²) in [5.74, 6) is -2.36. The van der Waals surface area contributed by atoms with Crippen LogP contribution in [0.1, 0.15) is 16.3 Å². The van der Waals surface area contributed by atoms with Crippen molar-refractivity contribution in [2.24, 2.45) is 5.73 Å². The summed E-state index contributed by atoms with van der Waals surface area (Å²) in [6.45, 7) is 1.74. The lowest BCUT2D eigenvalue weighted by Crippen LogP contribution is -2.68. The molecule has 28 heavy (non-hydrogen) atoms. The lowest BCUT2D eigenvalue weighted by Gasteiger charge is -2.48. The Morgan fingerprint density at radius 2 is 2.11 bits per heavy atom. The average molecular weight is 422 g/mol. The van der Waals surface area contributed by atoms with E-state index in [4.69, 9.17) is 10.8 Å². The fourth-order valence-electron chi connectivity index (χ4n) is 3.00. The van der Waals surface area contributed by atoms with Crippen molar-refractivity contribution in [3.8, 4) is 0 Å². The van der Waals surface area contributed by atoms with Crippen molar-refractivity contribution in [3.63, 3.8) is 0 Å². The number of aliphatic carboxylic acids is 1. The summed E-state index contributed by atoms with van der Waals surface area (Å²) in [5.41, 5.74) is 6.92. The fraction of sp³-hybridized carbons (Fsp3) is 0.333. The van der Waals surface area contributed by atoms with Crippen molar-refractivity contribution in [2.45, 2.75) is 23.4 Å². The van der Waals surface area contributed by atoms with E-state index in [9.17, 15) is 19.5 Å². The highest BCUT2D eigenvalue weighted by Gasteiger charge is 2.51. The zero-order valence-electron chi connectivity index (χ0n) is 14.4. The SMILES string of the molecule is Cc1cc(SCC2=C(C(=O)O)N3C(=O)C(N)C3SC2)n2nc(C(=O)O)nc2n1. The quantitative estimate of drug-likeness (QED) is 0.332. The smallest absolute Gasteiger partial charge is 0.375 e. The number of carboxylic acids is 2. The lowest BCUT2D eigenvalue weighted by molar-refractivity contribution is -0.147. The molecule has 1 saturated heterocycles. The molecule has 146 valence electrons. The summed E-state index contributed by atoms with van der Waals surface area (Å²) >= 11 is 2.69. The number of aromatic nitrogens is 4. The van der Waals surface area contributed by atoms with Gasteiger partial charge in [-0.05, 0) is 18.6 Å². The molecule has 2 aliphatic heterocycles. The standard InChI is InChI=1S/C15H14N6O5S2/c1-5-2-7(21-15(17-5)18-10(19-21)14(25)26)27-3-6-4-28-12-8(16)11(22)20(12)9(6)13(23)24/h2,8,12H,3-4,16H2,1H3,(H,23,24)(H,25,26). The Morgan fingerprint density at radius 3 is 2.79 bits per heavy atom. The third kappa shape index (κ3) is 2.91. The number of hydrogen-bond acceptors (Lipinski definition) is 9. The second-order valence-electron chi connectivity index (χ2n) is 6.17. The minimum atomic E-state index is -1.27. The fourth-order valence-corrected chi connectivity index (χ4v) is 5.48. The number of rotatable bonds is 5. The molecule has 2 aromatic rings. The average Bonchev–Trinajstić information content (AvgIpc) is 3.08. The van der Waals surface area contributed by atoms with Crippen LogP contribution in [-0.4, -0.2) is 75.5 Å². The first kappa shape index (κ1) is 18.7. The van der Waals surface area contributed by atoms with Crippen molar-refractivity contribution < 1.29 is 24.6 Å². The molecule has 13 heteroatoms.